The average Bonchev–Trinajstić information content (AvgIpc) is 2.23. The molecule has 0 spiro atoms. The quantitative estimate of drug-likeness (QED) is 0.833. The Morgan fingerprint density at radius 1 is 1.25 bits per heavy atom. The molecule has 0 heterocycles. The predicted octanol–water partition coefficient (Wildman–Crippen LogP) is 2.21. The molecule has 0 amide bonds. The highest BCUT2D eigenvalue weighted by molar-refractivity contribution is 5.43. The highest BCUT2D eigenvalue weighted by Gasteiger charge is 2.10. The predicted molar refractivity (Wildman–Crippen MR) is 63.8 cm³/mol. The fourth-order valence-electron chi connectivity index (χ4n) is 1.79. The lowest BCUT2D eigenvalue weighted by atomic mass is 10.1. The van der Waals surface area contributed by atoms with Crippen LogP contribution in [0, 0.1) is 13.8 Å². The number of ether oxygens (including phenoxy) is 2. The van der Waals surface area contributed by atoms with E-state index in [2.05, 4.69) is 0 Å². The fourth-order valence-corrected chi connectivity index (χ4v) is 1.79. The van der Waals surface area contributed by atoms with Gasteiger partial charge in [0.25, 0.3) is 0 Å². The molecule has 0 aliphatic carbocycles. The number of aryl methyl sites for hydroxylation is 2. The smallest absolute Gasteiger partial charge is 0.125 e. The lowest BCUT2D eigenvalue weighted by Crippen LogP contribution is -2.19. The summed E-state index contributed by atoms with van der Waals surface area (Å²) in [6.45, 7) is 6.58. The van der Waals surface area contributed by atoms with Gasteiger partial charge in [-0.3, -0.25) is 0 Å². The Morgan fingerprint density at radius 2 is 1.81 bits per heavy atom. The molecule has 0 saturated carbocycles. The van der Waals surface area contributed by atoms with Crippen molar-refractivity contribution >= 4 is 0 Å². The van der Waals surface area contributed by atoms with Crippen molar-refractivity contribution in [1.82, 2.24) is 0 Å². The van der Waals surface area contributed by atoms with E-state index in [4.69, 9.17) is 14.6 Å². The standard InChI is InChI=1S/C13H20O3/c1-9-5-12(7-14)6-10(2)13(9)16-11(3)8-15-4/h5-6,11,14H,7-8H2,1-4H3. The first-order chi connectivity index (χ1) is 7.58. The maximum atomic E-state index is 9.08. The summed E-state index contributed by atoms with van der Waals surface area (Å²) in [4.78, 5) is 0. The molecule has 1 unspecified atom stereocenters. The second-order valence-corrected chi connectivity index (χ2v) is 4.10. The average molecular weight is 224 g/mol. The molecule has 3 nitrogen and oxygen atoms in total. The molecule has 0 aromatic heterocycles. The van der Waals surface area contributed by atoms with Crippen LogP contribution in [0.1, 0.15) is 23.6 Å². The third-order valence-electron chi connectivity index (χ3n) is 2.42. The molecular formula is C13H20O3. The molecule has 1 rings (SSSR count). The van der Waals surface area contributed by atoms with Crippen LogP contribution in [0.2, 0.25) is 0 Å². The summed E-state index contributed by atoms with van der Waals surface area (Å²) >= 11 is 0. The van der Waals surface area contributed by atoms with Gasteiger partial charge in [-0.1, -0.05) is 12.1 Å². The summed E-state index contributed by atoms with van der Waals surface area (Å²) in [6, 6.07) is 3.89. The second-order valence-electron chi connectivity index (χ2n) is 4.10. The summed E-state index contributed by atoms with van der Waals surface area (Å²) in [7, 11) is 1.66. The Balaban J connectivity index is 2.87. The third-order valence-corrected chi connectivity index (χ3v) is 2.42. The topological polar surface area (TPSA) is 38.7 Å². The minimum absolute atomic E-state index is 0.0300. The third kappa shape index (κ3) is 3.22. The first kappa shape index (κ1) is 13.0. The monoisotopic (exact) mass is 224 g/mol. The molecule has 16 heavy (non-hydrogen) atoms. The molecule has 0 saturated heterocycles. The van der Waals surface area contributed by atoms with Crippen molar-refractivity contribution in [3.63, 3.8) is 0 Å². The fraction of sp³-hybridized carbons (Fsp3) is 0.538. The van der Waals surface area contributed by atoms with Crippen LogP contribution in [0.25, 0.3) is 0 Å². The molecule has 3 heteroatoms. The Hall–Kier alpha value is -1.06. The van der Waals surface area contributed by atoms with E-state index < -0.39 is 0 Å². The summed E-state index contributed by atoms with van der Waals surface area (Å²) in [5.74, 6) is 0.891. The zero-order chi connectivity index (χ0) is 12.1. The van der Waals surface area contributed by atoms with Crippen LogP contribution < -0.4 is 4.74 Å². The van der Waals surface area contributed by atoms with Gasteiger partial charge in [0.05, 0.1) is 13.2 Å². The first-order valence-electron chi connectivity index (χ1n) is 5.45. The van der Waals surface area contributed by atoms with E-state index in [0.717, 1.165) is 22.4 Å². The number of rotatable bonds is 5. The van der Waals surface area contributed by atoms with Crippen LogP contribution in [0.3, 0.4) is 0 Å². The van der Waals surface area contributed by atoms with Crippen LogP contribution in [0.5, 0.6) is 5.75 Å². The van der Waals surface area contributed by atoms with Crippen LogP contribution in [0.4, 0.5) is 0 Å². The van der Waals surface area contributed by atoms with E-state index in [1.807, 2.05) is 32.9 Å². The molecule has 0 aliphatic rings. The van der Waals surface area contributed by atoms with Crippen molar-refractivity contribution in [3.8, 4) is 5.75 Å². The van der Waals surface area contributed by atoms with Gasteiger partial charge < -0.3 is 14.6 Å². The van der Waals surface area contributed by atoms with Crippen LogP contribution in [0.15, 0.2) is 12.1 Å². The molecule has 0 fully saturated rings. The van der Waals surface area contributed by atoms with Gasteiger partial charge >= 0.3 is 0 Å². The number of aliphatic hydroxyl groups is 1. The molecular weight excluding hydrogens is 204 g/mol. The Kier molecular flexibility index (Phi) is 4.77. The number of hydrogen-bond donors (Lipinski definition) is 1. The summed E-state index contributed by atoms with van der Waals surface area (Å²) in [6.07, 6.45) is 0.0300. The van der Waals surface area contributed by atoms with Gasteiger partial charge in [0.2, 0.25) is 0 Å². The van der Waals surface area contributed by atoms with Gasteiger partial charge in [-0.15, -0.1) is 0 Å². The van der Waals surface area contributed by atoms with Gasteiger partial charge in [0, 0.05) is 7.11 Å². The Morgan fingerprint density at radius 3 is 2.25 bits per heavy atom. The van der Waals surface area contributed by atoms with Gasteiger partial charge in [0.1, 0.15) is 11.9 Å². The lowest BCUT2D eigenvalue weighted by molar-refractivity contribution is 0.0911. The maximum absolute atomic E-state index is 9.08. The second kappa shape index (κ2) is 5.87. The normalized spacial score (nSPS) is 12.6. The Bertz CT molecular complexity index is 324. The van der Waals surface area contributed by atoms with Crippen molar-refractivity contribution in [3.05, 3.63) is 28.8 Å². The highest BCUT2D eigenvalue weighted by Crippen LogP contribution is 2.25. The minimum atomic E-state index is 0.0300. The Labute approximate surface area is 97.0 Å². The summed E-state index contributed by atoms with van der Waals surface area (Å²) in [5, 5.41) is 9.08. The van der Waals surface area contributed by atoms with Crippen molar-refractivity contribution in [2.45, 2.75) is 33.5 Å². The van der Waals surface area contributed by atoms with Crippen LogP contribution in [-0.2, 0) is 11.3 Å². The number of aliphatic hydroxyl groups excluding tert-OH is 1. The SMILES string of the molecule is COCC(C)Oc1c(C)cc(CO)cc1C. The number of benzene rings is 1. The van der Waals surface area contributed by atoms with Gasteiger partial charge in [0.15, 0.2) is 0 Å². The zero-order valence-electron chi connectivity index (χ0n) is 10.4. The van der Waals surface area contributed by atoms with E-state index in [0.29, 0.717) is 6.61 Å². The first-order valence-corrected chi connectivity index (χ1v) is 5.45. The molecule has 90 valence electrons. The molecule has 1 aromatic carbocycles. The minimum Gasteiger partial charge on any atom is -0.488 e. The van der Waals surface area contributed by atoms with Crippen molar-refractivity contribution < 1.29 is 14.6 Å². The van der Waals surface area contributed by atoms with Crippen molar-refractivity contribution in [1.29, 1.82) is 0 Å². The van der Waals surface area contributed by atoms with Gasteiger partial charge in [-0.2, -0.15) is 0 Å². The summed E-state index contributed by atoms with van der Waals surface area (Å²) < 4.78 is 10.8. The molecule has 1 atom stereocenters. The van der Waals surface area contributed by atoms with E-state index in [-0.39, 0.29) is 12.7 Å². The largest absolute Gasteiger partial charge is 0.488 e. The molecule has 0 bridgehead atoms. The zero-order valence-corrected chi connectivity index (χ0v) is 10.4. The summed E-state index contributed by atoms with van der Waals surface area (Å²) in [5.41, 5.74) is 3.01. The molecule has 1 aromatic rings. The number of methoxy groups -OCH3 is 1. The number of hydrogen-bond acceptors (Lipinski definition) is 3. The van der Waals surface area contributed by atoms with E-state index in [1.165, 1.54) is 0 Å². The maximum Gasteiger partial charge on any atom is 0.125 e. The molecule has 1 N–H and O–H groups in total. The van der Waals surface area contributed by atoms with Gasteiger partial charge in [-0.25, -0.2) is 0 Å². The van der Waals surface area contributed by atoms with Crippen molar-refractivity contribution in [2.75, 3.05) is 13.7 Å². The van der Waals surface area contributed by atoms with E-state index in [9.17, 15) is 0 Å². The van der Waals surface area contributed by atoms with Crippen LogP contribution >= 0.6 is 0 Å². The van der Waals surface area contributed by atoms with E-state index in [1.54, 1.807) is 7.11 Å². The molecule has 0 aliphatic heterocycles. The van der Waals surface area contributed by atoms with Crippen molar-refractivity contribution in [2.24, 2.45) is 0 Å². The molecule has 0 radical (unpaired) electrons. The lowest BCUT2D eigenvalue weighted by Gasteiger charge is -2.18. The van der Waals surface area contributed by atoms with Gasteiger partial charge in [-0.05, 0) is 37.5 Å². The highest BCUT2D eigenvalue weighted by atomic mass is 16.5. The van der Waals surface area contributed by atoms with Crippen LogP contribution in [-0.4, -0.2) is 24.9 Å². The van der Waals surface area contributed by atoms with E-state index >= 15 is 0 Å².